The van der Waals surface area contributed by atoms with Gasteiger partial charge in [0, 0.05) is 12.1 Å². The monoisotopic (exact) mass is 265 g/mol. The summed E-state index contributed by atoms with van der Waals surface area (Å²) in [7, 11) is 3.50. The molecule has 106 valence electrons. The molecule has 0 aliphatic carbocycles. The number of carbonyl (C=O) groups excluding carboxylic acids is 1. The molecule has 1 rings (SSSR count). The van der Waals surface area contributed by atoms with Gasteiger partial charge in [-0.05, 0) is 51.6 Å². The zero-order chi connectivity index (χ0) is 14.4. The third-order valence-corrected chi connectivity index (χ3v) is 3.31. The largest absolute Gasteiger partial charge is 0.497 e. The second kappa shape index (κ2) is 7.26. The number of likely N-dealkylation sites (N-methyl/N-ethyl adjacent to an activating group) is 1. The Morgan fingerprint density at radius 2 is 1.89 bits per heavy atom. The first kappa shape index (κ1) is 15.7. The summed E-state index contributed by atoms with van der Waals surface area (Å²) in [6.07, 6.45) is 0.322. The second-order valence-corrected chi connectivity index (χ2v) is 4.89. The fourth-order valence-corrected chi connectivity index (χ4v) is 1.78. The predicted octanol–water partition coefficient (Wildman–Crippen LogP) is 1.97. The molecule has 0 heterocycles. The summed E-state index contributed by atoms with van der Waals surface area (Å²) in [6.45, 7) is 4.33. The minimum atomic E-state index is -0.342. The van der Waals surface area contributed by atoms with Crippen molar-refractivity contribution in [1.29, 1.82) is 0 Å². The molecular weight excluding hydrogens is 242 g/mol. The molecule has 0 saturated heterocycles. The van der Waals surface area contributed by atoms with Crippen molar-refractivity contribution in [2.24, 2.45) is 0 Å². The van der Waals surface area contributed by atoms with E-state index in [9.17, 15) is 9.90 Å². The Morgan fingerprint density at radius 1 is 1.32 bits per heavy atom. The van der Waals surface area contributed by atoms with Crippen LogP contribution in [0.5, 0.6) is 5.75 Å². The van der Waals surface area contributed by atoms with Crippen molar-refractivity contribution < 1.29 is 14.6 Å². The van der Waals surface area contributed by atoms with Crippen LogP contribution in [0.4, 0.5) is 0 Å². The highest BCUT2D eigenvalue weighted by molar-refractivity contribution is 5.99. The minimum Gasteiger partial charge on any atom is -0.497 e. The third kappa shape index (κ3) is 4.65. The average molecular weight is 265 g/mol. The van der Waals surface area contributed by atoms with Gasteiger partial charge < -0.3 is 9.84 Å². The number of methoxy groups -OCH3 is 1. The molecular formula is C15H23NO3. The Bertz CT molecular complexity index is 400. The summed E-state index contributed by atoms with van der Waals surface area (Å²) in [5.41, 5.74) is 0.678. The maximum absolute atomic E-state index is 12.3. The second-order valence-electron chi connectivity index (χ2n) is 4.89. The zero-order valence-electron chi connectivity index (χ0n) is 12.1. The maximum Gasteiger partial charge on any atom is 0.179 e. The lowest BCUT2D eigenvalue weighted by Gasteiger charge is -2.24. The number of rotatable bonds is 7. The van der Waals surface area contributed by atoms with Gasteiger partial charge in [0.25, 0.3) is 0 Å². The van der Waals surface area contributed by atoms with E-state index in [4.69, 9.17) is 4.74 Å². The van der Waals surface area contributed by atoms with Crippen LogP contribution >= 0.6 is 0 Å². The average Bonchev–Trinajstić information content (AvgIpc) is 2.43. The number of Topliss-reactive ketones (excluding diaryl/α,β-unsaturated/α-hetero) is 1. The van der Waals surface area contributed by atoms with Gasteiger partial charge in [-0.2, -0.15) is 0 Å². The maximum atomic E-state index is 12.3. The summed E-state index contributed by atoms with van der Waals surface area (Å²) in [5, 5.41) is 9.27. The fourth-order valence-electron chi connectivity index (χ4n) is 1.78. The van der Waals surface area contributed by atoms with E-state index in [1.807, 2.05) is 18.9 Å². The molecule has 19 heavy (non-hydrogen) atoms. The van der Waals surface area contributed by atoms with E-state index in [0.717, 1.165) is 5.75 Å². The first-order chi connectivity index (χ1) is 8.95. The molecule has 0 radical (unpaired) electrons. The number of hydrogen-bond acceptors (Lipinski definition) is 4. The van der Waals surface area contributed by atoms with Gasteiger partial charge in [0.2, 0.25) is 0 Å². The fraction of sp³-hybridized carbons (Fsp3) is 0.533. The smallest absolute Gasteiger partial charge is 0.179 e. The predicted molar refractivity (Wildman–Crippen MR) is 75.7 cm³/mol. The molecule has 0 aromatic heterocycles. The van der Waals surface area contributed by atoms with E-state index in [1.165, 1.54) is 0 Å². The molecule has 2 atom stereocenters. The lowest BCUT2D eigenvalue weighted by molar-refractivity contribution is 0.0844. The Hall–Kier alpha value is -1.39. The Balaban J connectivity index is 2.64. The van der Waals surface area contributed by atoms with Gasteiger partial charge in [-0.3, -0.25) is 9.69 Å². The number of benzene rings is 1. The lowest BCUT2D eigenvalue weighted by Crippen LogP contribution is -2.37. The Morgan fingerprint density at radius 3 is 2.37 bits per heavy atom. The van der Waals surface area contributed by atoms with Gasteiger partial charge in [0.1, 0.15) is 5.75 Å². The quantitative estimate of drug-likeness (QED) is 0.766. The summed E-state index contributed by atoms with van der Waals surface area (Å²) in [4.78, 5) is 14.2. The van der Waals surface area contributed by atoms with Crippen molar-refractivity contribution in [1.82, 2.24) is 4.90 Å². The molecule has 0 amide bonds. The van der Waals surface area contributed by atoms with Gasteiger partial charge in [0.05, 0.1) is 19.3 Å². The molecule has 0 bridgehead atoms. The van der Waals surface area contributed by atoms with Crippen molar-refractivity contribution in [3.8, 4) is 5.75 Å². The number of carbonyl (C=O) groups is 1. The lowest BCUT2D eigenvalue weighted by atomic mass is 10.0. The molecule has 1 aromatic carbocycles. The van der Waals surface area contributed by atoms with Gasteiger partial charge in [-0.1, -0.05) is 0 Å². The van der Waals surface area contributed by atoms with Crippen LogP contribution in [0.2, 0.25) is 0 Å². The van der Waals surface area contributed by atoms with E-state index >= 15 is 0 Å². The molecule has 0 aliphatic rings. The normalized spacial score (nSPS) is 14.2. The number of ketones is 1. The molecule has 4 nitrogen and oxygen atoms in total. The molecule has 1 aromatic rings. The summed E-state index contributed by atoms with van der Waals surface area (Å²) in [5.74, 6) is 0.822. The van der Waals surface area contributed by atoms with Crippen molar-refractivity contribution >= 4 is 5.78 Å². The number of nitrogens with zero attached hydrogens (tertiary/aromatic N) is 1. The van der Waals surface area contributed by atoms with Gasteiger partial charge in [-0.15, -0.1) is 0 Å². The first-order valence-electron chi connectivity index (χ1n) is 6.52. The van der Waals surface area contributed by atoms with Crippen LogP contribution in [0.25, 0.3) is 0 Å². The van der Waals surface area contributed by atoms with Crippen molar-refractivity contribution in [2.75, 3.05) is 20.7 Å². The van der Waals surface area contributed by atoms with E-state index in [-0.39, 0.29) is 17.9 Å². The molecule has 0 spiro atoms. The number of ether oxygens (including phenoxy) is 1. The van der Waals surface area contributed by atoms with Crippen LogP contribution in [0.15, 0.2) is 24.3 Å². The highest BCUT2D eigenvalue weighted by atomic mass is 16.5. The summed E-state index contributed by atoms with van der Waals surface area (Å²) < 4.78 is 5.07. The first-order valence-corrected chi connectivity index (χ1v) is 6.52. The van der Waals surface area contributed by atoms with Crippen molar-refractivity contribution in [3.63, 3.8) is 0 Å². The van der Waals surface area contributed by atoms with Crippen LogP contribution in [0.3, 0.4) is 0 Å². The van der Waals surface area contributed by atoms with Gasteiger partial charge in [0.15, 0.2) is 5.78 Å². The number of aliphatic hydroxyl groups excluding tert-OH is 1. The van der Waals surface area contributed by atoms with Crippen LogP contribution in [-0.2, 0) is 0 Å². The highest BCUT2D eigenvalue weighted by Gasteiger charge is 2.19. The Kier molecular flexibility index (Phi) is 5.99. The molecule has 4 heteroatoms. The highest BCUT2D eigenvalue weighted by Crippen LogP contribution is 2.14. The number of aliphatic hydroxyl groups is 1. The van der Waals surface area contributed by atoms with Crippen molar-refractivity contribution in [3.05, 3.63) is 29.8 Å². The van der Waals surface area contributed by atoms with Crippen LogP contribution in [0.1, 0.15) is 30.6 Å². The van der Waals surface area contributed by atoms with Gasteiger partial charge in [-0.25, -0.2) is 0 Å². The standard InChI is InChI=1S/C15H23NO3/c1-11(17)9-10-16(3)12(2)15(18)13-5-7-14(19-4)8-6-13/h5-8,11-12,17H,9-10H2,1-4H3. The van der Waals surface area contributed by atoms with Crippen LogP contribution < -0.4 is 4.74 Å². The minimum absolute atomic E-state index is 0.0794. The van der Waals surface area contributed by atoms with Gasteiger partial charge >= 0.3 is 0 Å². The van der Waals surface area contributed by atoms with E-state index in [2.05, 4.69) is 0 Å². The number of hydrogen-bond donors (Lipinski definition) is 1. The molecule has 1 N–H and O–H groups in total. The van der Waals surface area contributed by atoms with E-state index in [1.54, 1.807) is 38.3 Å². The van der Waals surface area contributed by atoms with Crippen LogP contribution in [0, 0.1) is 0 Å². The molecule has 0 fully saturated rings. The van der Waals surface area contributed by atoms with E-state index < -0.39 is 0 Å². The van der Waals surface area contributed by atoms with Crippen molar-refractivity contribution in [2.45, 2.75) is 32.4 Å². The molecule has 2 unspecified atom stereocenters. The topological polar surface area (TPSA) is 49.8 Å². The Labute approximate surface area is 115 Å². The molecule has 0 aliphatic heterocycles. The third-order valence-electron chi connectivity index (χ3n) is 3.31. The zero-order valence-corrected chi connectivity index (χ0v) is 12.1. The van der Waals surface area contributed by atoms with Crippen LogP contribution in [-0.4, -0.2) is 48.6 Å². The SMILES string of the molecule is COc1ccc(C(=O)C(C)N(C)CCC(C)O)cc1. The summed E-state index contributed by atoms with van der Waals surface area (Å²) in [6, 6.07) is 6.93. The molecule has 0 saturated carbocycles. The van der Waals surface area contributed by atoms with E-state index in [0.29, 0.717) is 18.5 Å². The summed E-state index contributed by atoms with van der Waals surface area (Å²) >= 11 is 0.